The van der Waals surface area contributed by atoms with Crippen molar-refractivity contribution in [2.45, 2.75) is 52.4 Å². The number of rotatable bonds is 13. The lowest BCUT2D eigenvalue weighted by atomic mass is 9.85. The third-order valence-corrected chi connectivity index (χ3v) is 24.2. The van der Waals surface area contributed by atoms with Gasteiger partial charge in [-0.1, -0.05) is 260 Å². The van der Waals surface area contributed by atoms with Gasteiger partial charge in [-0.15, -0.1) is 0 Å². The molecule has 0 amide bonds. The fourth-order valence-electron chi connectivity index (χ4n) is 18.2. The monoisotopic (exact) mass is 1610 g/mol. The molecule has 0 bridgehead atoms. The molecule has 22 aromatic rings. The summed E-state index contributed by atoms with van der Waals surface area (Å²) in [6.07, 6.45) is 0. The van der Waals surface area contributed by atoms with Gasteiger partial charge in [0.05, 0.1) is 55.5 Å². The highest BCUT2D eigenvalue weighted by atomic mass is 19.1. The minimum atomic E-state index is -0.736. The van der Waals surface area contributed by atoms with Crippen LogP contribution in [0.4, 0.5) is 17.6 Å². The predicted molar refractivity (Wildman–Crippen MR) is 497 cm³/mol. The van der Waals surface area contributed by atoms with Crippen molar-refractivity contribution in [2.24, 2.45) is 0 Å². The largest absolute Gasteiger partial charge is 0.309 e. The molecule has 10 nitrogen and oxygen atoms in total. The summed E-state index contributed by atoms with van der Waals surface area (Å²) >= 11 is 0. The van der Waals surface area contributed by atoms with Gasteiger partial charge in [0.15, 0.2) is 34.9 Å². The standard InChI is InChI=1S/C110H76F4N10/c1-109(2,3)73-41-49-96-90(57-73)91-58-74(110(4,5)6)42-50-97(91)123(96)102-64-89(72-53-77(113)60-78(114)54-72)88(63-92(102)108-119-105(67-29-15-9-16-30-67)116-106(120-108)68-31-17-10-18-32-68)70-40-45-84-83-35-21-24-38-95(83)122(98(84)56-70)80-44-48-86-85-47-43-79(121-93-36-22-19-33-81(93)82-34-20-23-37-94(82)121)61-100(85)124(101(86)62-80)99-55-69(71-51-75(111)59-76(112)52-71)39-46-87(99)107-117-103(65-25-11-7-12-26-65)115-104(118-107)66-27-13-8-14-28-66/h7-64H,1-6H3. The Labute approximate surface area is 711 Å². The molecule has 0 aliphatic heterocycles. The number of benzene rings is 16. The molecule has 6 heterocycles. The maximum atomic E-state index is 16.6. The lowest BCUT2D eigenvalue weighted by molar-refractivity contribution is 0.583. The van der Waals surface area contributed by atoms with Crippen LogP contribution < -0.4 is 0 Å². The summed E-state index contributed by atoms with van der Waals surface area (Å²) in [4.78, 5) is 32.2. The molecule has 0 unspecified atom stereocenters. The molecule has 22 rings (SSSR count). The highest BCUT2D eigenvalue weighted by Crippen LogP contribution is 2.49. The van der Waals surface area contributed by atoms with E-state index in [1.54, 1.807) is 0 Å². The summed E-state index contributed by atoms with van der Waals surface area (Å²) in [5.41, 5.74) is 19.5. The molecule has 0 saturated carbocycles. The van der Waals surface area contributed by atoms with Gasteiger partial charge in [0.1, 0.15) is 23.3 Å². The molecule has 0 aliphatic carbocycles. The van der Waals surface area contributed by atoms with E-state index in [1.165, 1.54) is 24.3 Å². The molecule has 0 saturated heterocycles. The van der Waals surface area contributed by atoms with Crippen LogP contribution in [0.15, 0.2) is 352 Å². The van der Waals surface area contributed by atoms with Crippen molar-refractivity contribution >= 4 is 87.2 Å². The number of hydrogen-bond acceptors (Lipinski definition) is 6. The summed E-state index contributed by atoms with van der Waals surface area (Å²) in [6.45, 7) is 13.4. The van der Waals surface area contributed by atoms with E-state index in [1.807, 2.05) is 146 Å². The molecule has 0 spiro atoms. The molecule has 124 heavy (non-hydrogen) atoms. The number of hydrogen-bond donors (Lipinski definition) is 0. The van der Waals surface area contributed by atoms with Crippen LogP contribution >= 0.6 is 0 Å². The van der Waals surface area contributed by atoms with Gasteiger partial charge < -0.3 is 18.3 Å². The number of halogens is 4. The quantitative estimate of drug-likeness (QED) is 0.107. The Bertz CT molecular complexity index is 7840. The van der Waals surface area contributed by atoms with Crippen LogP contribution in [0.1, 0.15) is 52.7 Å². The third kappa shape index (κ3) is 12.9. The van der Waals surface area contributed by atoms with E-state index in [0.29, 0.717) is 85.3 Å². The van der Waals surface area contributed by atoms with Gasteiger partial charge in [0.2, 0.25) is 0 Å². The Hall–Kier alpha value is -15.5. The Morgan fingerprint density at radius 3 is 0.960 bits per heavy atom. The second kappa shape index (κ2) is 29.1. The van der Waals surface area contributed by atoms with E-state index >= 15 is 17.6 Å². The average Bonchev–Trinajstić information content (AvgIpc) is 1.55. The van der Waals surface area contributed by atoms with Crippen LogP contribution in [0.5, 0.6) is 0 Å². The zero-order valence-electron chi connectivity index (χ0n) is 68.5. The maximum absolute atomic E-state index is 16.6. The van der Waals surface area contributed by atoms with E-state index < -0.39 is 23.3 Å². The Kier molecular flexibility index (Phi) is 17.6. The van der Waals surface area contributed by atoms with Crippen molar-refractivity contribution < 1.29 is 17.6 Å². The molecule has 0 fully saturated rings. The van der Waals surface area contributed by atoms with Gasteiger partial charge in [0, 0.05) is 100.0 Å². The highest BCUT2D eigenvalue weighted by Gasteiger charge is 2.30. The first-order valence-corrected chi connectivity index (χ1v) is 41.5. The molecule has 594 valence electrons. The second-order valence-electron chi connectivity index (χ2n) is 34.0. The molecular formula is C110H76F4N10. The molecule has 14 heteroatoms. The van der Waals surface area contributed by atoms with E-state index in [4.69, 9.17) is 29.9 Å². The van der Waals surface area contributed by atoms with Crippen molar-refractivity contribution in [3.05, 3.63) is 386 Å². The van der Waals surface area contributed by atoms with E-state index in [2.05, 4.69) is 230 Å². The van der Waals surface area contributed by atoms with Crippen LogP contribution in [-0.2, 0) is 10.8 Å². The smallest absolute Gasteiger partial charge is 0.166 e. The summed E-state index contributed by atoms with van der Waals surface area (Å²) < 4.78 is 74.1. The minimum Gasteiger partial charge on any atom is -0.309 e. The lowest BCUT2D eigenvalue weighted by Crippen LogP contribution is -2.10. The zero-order chi connectivity index (χ0) is 84.0. The summed E-state index contributed by atoms with van der Waals surface area (Å²) in [5.74, 6) is -0.370. The summed E-state index contributed by atoms with van der Waals surface area (Å²) in [6, 6.07) is 115. The fourth-order valence-corrected chi connectivity index (χ4v) is 18.2. The van der Waals surface area contributed by atoms with Crippen LogP contribution in [0.25, 0.3) is 212 Å². The minimum absolute atomic E-state index is 0.204. The maximum Gasteiger partial charge on any atom is 0.166 e. The van der Waals surface area contributed by atoms with Crippen molar-refractivity contribution in [3.63, 3.8) is 0 Å². The van der Waals surface area contributed by atoms with Crippen molar-refractivity contribution in [3.8, 4) is 124 Å². The van der Waals surface area contributed by atoms with Gasteiger partial charge in [-0.25, -0.2) is 47.5 Å². The number of nitrogens with zero attached hydrogens (tertiary/aromatic N) is 10. The van der Waals surface area contributed by atoms with Crippen LogP contribution in [0.2, 0.25) is 0 Å². The first-order chi connectivity index (χ1) is 60.3. The third-order valence-electron chi connectivity index (χ3n) is 24.2. The SMILES string of the molecule is CC(C)(C)c1ccc2c(c1)c1cc(C(C)(C)C)ccc1n2-c1cc(-c2cc(F)cc(F)c2)c(-c2ccc3c4ccccc4n(-c4ccc5c6ccc(-n7c8ccccc8c8ccccc87)cc6n(-c6cc(-c7cc(F)cc(F)c7)ccc6-c6nc(-c7ccccc7)nc(-c7ccccc7)n6)c5c4)c3c2)cc1-c1nc(-c2ccccc2)nc(-c2ccccc2)n1. The van der Waals surface area contributed by atoms with Gasteiger partial charge in [-0.3, -0.25) is 0 Å². The summed E-state index contributed by atoms with van der Waals surface area (Å²) in [7, 11) is 0. The lowest BCUT2D eigenvalue weighted by Gasteiger charge is -2.21. The van der Waals surface area contributed by atoms with Crippen molar-refractivity contribution in [2.75, 3.05) is 0 Å². The van der Waals surface area contributed by atoms with E-state index in [0.717, 1.165) is 150 Å². The predicted octanol–water partition coefficient (Wildman–Crippen LogP) is 28.6. The van der Waals surface area contributed by atoms with Crippen molar-refractivity contribution in [1.29, 1.82) is 0 Å². The zero-order valence-corrected chi connectivity index (χ0v) is 68.5. The molecule has 16 aromatic carbocycles. The molecule has 0 atom stereocenters. The van der Waals surface area contributed by atoms with Gasteiger partial charge in [-0.05, 0) is 177 Å². The molecule has 0 radical (unpaired) electrons. The molecule has 0 aliphatic rings. The molecule has 6 aromatic heterocycles. The molecular weight excluding hydrogens is 1540 g/mol. The van der Waals surface area contributed by atoms with E-state index in [-0.39, 0.29) is 10.8 Å². The second-order valence-corrected chi connectivity index (χ2v) is 34.0. The molecule has 0 N–H and O–H groups in total. The topological polar surface area (TPSA) is 97.1 Å². The first kappa shape index (κ1) is 74.7. The Balaban J connectivity index is 0.834. The van der Waals surface area contributed by atoms with Gasteiger partial charge in [0.25, 0.3) is 0 Å². The first-order valence-electron chi connectivity index (χ1n) is 41.5. The van der Waals surface area contributed by atoms with Crippen molar-refractivity contribution in [1.82, 2.24) is 48.2 Å². The number of fused-ring (bicyclic) bond motifs is 12. The fraction of sp³-hybridized carbons (Fsp3) is 0.0727. The Morgan fingerprint density at radius 1 is 0.194 bits per heavy atom. The average molecular weight is 1610 g/mol. The van der Waals surface area contributed by atoms with Crippen LogP contribution in [0.3, 0.4) is 0 Å². The number of para-hydroxylation sites is 3. The summed E-state index contributed by atoms with van der Waals surface area (Å²) in [5, 5.41) is 8.03. The van der Waals surface area contributed by atoms with Gasteiger partial charge >= 0.3 is 0 Å². The number of aromatic nitrogens is 10. The van der Waals surface area contributed by atoms with Crippen LogP contribution in [-0.4, -0.2) is 48.2 Å². The normalized spacial score (nSPS) is 12.1. The van der Waals surface area contributed by atoms with E-state index in [9.17, 15) is 0 Å². The van der Waals surface area contributed by atoms with Crippen LogP contribution in [0, 0.1) is 23.3 Å². The highest BCUT2D eigenvalue weighted by molar-refractivity contribution is 6.16. The van der Waals surface area contributed by atoms with Gasteiger partial charge in [-0.2, -0.15) is 0 Å². The Morgan fingerprint density at radius 2 is 0.524 bits per heavy atom.